The van der Waals surface area contributed by atoms with E-state index in [0.29, 0.717) is 6.42 Å². The molecule has 1 rings (SSSR count). The van der Waals surface area contributed by atoms with E-state index in [9.17, 15) is 13.6 Å². The van der Waals surface area contributed by atoms with E-state index in [1.165, 1.54) is 10.9 Å². The van der Waals surface area contributed by atoms with Gasteiger partial charge in [0.05, 0.1) is 5.02 Å². The molecule has 0 fully saturated rings. The first-order valence-corrected chi connectivity index (χ1v) is 4.61. The monoisotopic (exact) mass is 238 g/mol. The molecule has 0 saturated carbocycles. The Kier molecular flexibility index (Phi) is 4.02. The summed E-state index contributed by atoms with van der Waals surface area (Å²) in [6.07, 6.45) is -1.14. The number of hydrogen-bond donors (Lipinski definition) is 1. The molecule has 0 aliphatic rings. The molecule has 4 nitrogen and oxygen atoms in total. The molecule has 84 valence electrons. The van der Waals surface area contributed by atoms with Crippen molar-refractivity contribution in [2.75, 3.05) is 0 Å². The number of carbonyl (C=O) groups is 1. The second-order valence-electron chi connectivity index (χ2n) is 2.92. The minimum atomic E-state index is -2.71. The number of halogens is 3. The van der Waals surface area contributed by atoms with Crippen molar-refractivity contribution in [3.63, 3.8) is 0 Å². The Morgan fingerprint density at radius 1 is 1.67 bits per heavy atom. The molecule has 7 heteroatoms. The summed E-state index contributed by atoms with van der Waals surface area (Å²) in [6, 6.07) is 0. The van der Waals surface area contributed by atoms with Crippen LogP contribution in [0.4, 0.5) is 8.78 Å². The first kappa shape index (κ1) is 11.9. The second-order valence-corrected chi connectivity index (χ2v) is 3.33. The average molecular weight is 239 g/mol. The van der Waals surface area contributed by atoms with Crippen molar-refractivity contribution in [2.24, 2.45) is 0 Å². The van der Waals surface area contributed by atoms with Gasteiger partial charge in [0.2, 0.25) is 0 Å². The third-order valence-corrected chi connectivity index (χ3v) is 2.02. The Labute approximate surface area is 89.5 Å². The molecule has 0 unspecified atom stereocenters. The quantitative estimate of drug-likeness (QED) is 0.857. The Morgan fingerprint density at radius 3 is 2.80 bits per heavy atom. The summed E-state index contributed by atoms with van der Waals surface area (Å²) >= 11 is 5.50. The third kappa shape index (κ3) is 3.47. The zero-order valence-electron chi connectivity index (χ0n) is 7.66. The number of hydrogen-bond acceptors (Lipinski definition) is 2. The molecule has 0 aromatic carbocycles. The number of carboxylic acids is 1. The Balaban J connectivity index is 2.55. The van der Waals surface area contributed by atoms with Gasteiger partial charge in [0.25, 0.3) is 6.43 Å². The van der Waals surface area contributed by atoms with Crippen molar-refractivity contribution in [1.29, 1.82) is 0 Å². The maximum atomic E-state index is 12.2. The van der Waals surface area contributed by atoms with E-state index >= 15 is 0 Å². The number of alkyl halides is 2. The van der Waals surface area contributed by atoms with E-state index in [-0.39, 0.29) is 18.0 Å². The summed E-state index contributed by atoms with van der Waals surface area (Å²) in [4.78, 5) is 10.2. The molecule has 15 heavy (non-hydrogen) atoms. The summed E-state index contributed by atoms with van der Waals surface area (Å²) in [5.41, 5.74) is -0.466. The van der Waals surface area contributed by atoms with Crippen molar-refractivity contribution < 1.29 is 18.7 Å². The lowest BCUT2D eigenvalue weighted by Gasteiger charge is -1.98. The minimum Gasteiger partial charge on any atom is -0.481 e. The SMILES string of the molecule is O=C(O)CCCn1cc(Cl)c(C(F)F)n1. The molecule has 0 amide bonds. The van der Waals surface area contributed by atoms with E-state index in [1.54, 1.807) is 0 Å². The van der Waals surface area contributed by atoms with Crippen molar-refractivity contribution in [3.8, 4) is 0 Å². The number of nitrogens with zero attached hydrogens (tertiary/aromatic N) is 2. The topological polar surface area (TPSA) is 55.1 Å². The first-order valence-electron chi connectivity index (χ1n) is 4.23. The van der Waals surface area contributed by atoms with Gasteiger partial charge in [0.15, 0.2) is 0 Å². The summed E-state index contributed by atoms with van der Waals surface area (Å²) in [5.74, 6) is -0.928. The maximum absolute atomic E-state index is 12.2. The fraction of sp³-hybridized carbons (Fsp3) is 0.500. The molecule has 0 saturated heterocycles. The van der Waals surface area contributed by atoms with Gasteiger partial charge in [-0.1, -0.05) is 11.6 Å². The van der Waals surface area contributed by atoms with Crippen molar-refractivity contribution in [2.45, 2.75) is 25.8 Å². The number of rotatable bonds is 5. The van der Waals surface area contributed by atoms with E-state index < -0.39 is 18.1 Å². The molecule has 0 radical (unpaired) electrons. The van der Waals surface area contributed by atoms with E-state index in [4.69, 9.17) is 16.7 Å². The normalized spacial score (nSPS) is 10.9. The van der Waals surface area contributed by atoms with Gasteiger partial charge in [-0.05, 0) is 6.42 Å². The van der Waals surface area contributed by atoms with Crippen LogP contribution in [0.1, 0.15) is 25.0 Å². The molecule has 0 aliphatic heterocycles. The Morgan fingerprint density at radius 2 is 2.33 bits per heavy atom. The van der Waals surface area contributed by atoms with Crippen LogP contribution >= 0.6 is 11.6 Å². The zero-order valence-corrected chi connectivity index (χ0v) is 8.42. The van der Waals surface area contributed by atoms with Crippen LogP contribution in [0, 0.1) is 0 Å². The van der Waals surface area contributed by atoms with Crippen molar-refractivity contribution >= 4 is 17.6 Å². The van der Waals surface area contributed by atoms with E-state index in [0.717, 1.165) is 0 Å². The van der Waals surface area contributed by atoms with E-state index in [2.05, 4.69) is 5.10 Å². The molecule has 1 aromatic rings. The number of aryl methyl sites for hydroxylation is 1. The smallest absolute Gasteiger partial charge is 0.303 e. The predicted octanol–water partition coefficient (Wildman–Crippen LogP) is 2.34. The van der Waals surface area contributed by atoms with Crippen molar-refractivity contribution in [1.82, 2.24) is 9.78 Å². The van der Waals surface area contributed by atoms with Gasteiger partial charge in [0, 0.05) is 19.2 Å². The van der Waals surface area contributed by atoms with E-state index in [1.807, 2.05) is 0 Å². The molecule has 1 aromatic heterocycles. The second kappa shape index (κ2) is 5.06. The molecule has 0 aliphatic carbocycles. The lowest BCUT2D eigenvalue weighted by atomic mass is 10.3. The Bertz CT molecular complexity index is 354. The van der Waals surface area contributed by atoms with Gasteiger partial charge in [-0.25, -0.2) is 8.78 Å². The van der Waals surface area contributed by atoms with Gasteiger partial charge in [-0.15, -0.1) is 0 Å². The highest BCUT2D eigenvalue weighted by Crippen LogP contribution is 2.24. The van der Waals surface area contributed by atoms with Gasteiger partial charge in [0.1, 0.15) is 5.69 Å². The lowest BCUT2D eigenvalue weighted by Crippen LogP contribution is -2.03. The highest BCUT2D eigenvalue weighted by molar-refractivity contribution is 6.31. The average Bonchev–Trinajstić information content (AvgIpc) is 2.46. The van der Waals surface area contributed by atoms with Crippen LogP contribution in [-0.2, 0) is 11.3 Å². The molecular formula is C8H9ClF2N2O2. The standard InChI is InChI=1S/C8H9ClF2N2O2/c9-5-4-13(3-1-2-6(14)15)12-7(5)8(10)11/h4,8H,1-3H2,(H,14,15). The summed E-state index contributed by atoms with van der Waals surface area (Å²) in [7, 11) is 0. The van der Waals surface area contributed by atoms with Gasteiger partial charge >= 0.3 is 5.97 Å². The Hall–Kier alpha value is -1.17. The minimum absolute atomic E-state index is 0.0263. The van der Waals surface area contributed by atoms with Gasteiger partial charge in [-0.2, -0.15) is 5.10 Å². The molecule has 0 atom stereocenters. The fourth-order valence-corrected chi connectivity index (χ4v) is 1.30. The van der Waals surface area contributed by atoms with Crippen LogP contribution < -0.4 is 0 Å². The largest absolute Gasteiger partial charge is 0.481 e. The van der Waals surface area contributed by atoms with Gasteiger partial charge in [-0.3, -0.25) is 9.48 Å². The summed E-state index contributed by atoms with van der Waals surface area (Å²) in [6.45, 7) is 0.263. The zero-order chi connectivity index (χ0) is 11.4. The summed E-state index contributed by atoms with van der Waals surface area (Å²) in [5, 5.41) is 11.8. The lowest BCUT2D eigenvalue weighted by molar-refractivity contribution is -0.137. The maximum Gasteiger partial charge on any atom is 0.303 e. The van der Waals surface area contributed by atoms with Crippen LogP contribution in [0.25, 0.3) is 0 Å². The predicted molar refractivity (Wildman–Crippen MR) is 49.1 cm³/mol. The number of aliphatic carboxylic acids is 1. The van der Waals surface area contributed by atoms with Crippen molar-refractivity contribution in [3.05, 3.63) is 16.9 Å². The first-order chi connectivity index (χ1) is 7.00. The van der Waals surface area contributed by atoms with Crippen LogP contribution in [0.3, 0.4) is 0 Å². The molecule has 0 spiro atoms. The van der Waals surface area contributed by atoms with Crippen LogP contribution in [-0.4, -0.2) is 20.9 Å². The van der Waals surface area contributed by atoms with Gasteiger partial charge < -0.3 is 5.11 Å². The summed E-state index contributed by atoms with van der Waals surface area (Å²) < 4.78 is 25.7. The molecular weight excluding hydrogens is 230 g/mol. The van der Waals surface area contributed by atoms with Crippen LogP contribution in [0.15, 0.2) is 6.20 Å². The number of carboxylic acid groups (broad SMARTS) is 1. The van der Waals surface area contributed by atoms with Crippen LogP contribution in [0.2, 0.25) is 5.02 Å². The van der Waals surface area contributed by atoms with Crippen LogP contribution in [0.5, 0.6) is 0 Å². The fourth-order valence-electron chi connectivity index (χ4n) is 1.07. The molecule has 0 bridgehead atoms. The highest BCUT2D eigenvalue weighted by atomic mass is 35.5. The third-order valence-electron chi connectivity index (χ3n) is 1.73. The molecule has 1 heterocycles. The molecule has 1 N–H and O–H groups in total. The number of aromatic nitrogens is 2. The highest BCUT2D eigenvalue weighted by Gasteiger charge is 2.16.